The van der Waals surface area contributed by atoms with Gasteiger partial charge in [-0.15, -0.1) is 0 Å². The number of rotatable bonds is 6. The van der Waals surface area contributed by atoms with Gasteiger partial charge < -0.3 is 10.4 Å². The van der Waals surface area contributed by atoms with E-state index < -0.39 is 17.5 Å². The first-order valence-corrected chi connectivity index (χ1v) is 7.64. The van der Waals surface area contributed by atoms with E-state index in [2.05, 4.69) is 10.8 Å². The molecule has 23 heavy (non-hydrogen) atoms. The molecule has 0 bridgehead atoms. The molecule has 3 N–H and O–H groups in total. The third kappa shape index (κ3) is 4.60. The highest BCUT2D eigenvalue weighted by Crippen LogP contribution is 2.27. The summed E-state index contributed by atoms with van der Waals surface area (Å²) in [4.78, 5) is 16.7. The Kier molecular flexibility index (Phi) is 6.25. The largest absolute Gasteiger partial charge is 0.394 e. The van der Waals surface area contributed by atoms with Crippen LogP contribution in [0.25, 0.3) is 0 Å². The lowest BCUT2D eigenvalue weighted by Gasteiger charge is -2.13. The summed E-state index contributed by atoms with van der Waals surface area (Å²) in [5, 5.41) is 11.2. The Hall–Kier alpha value is -1.78. The number of aliphatic hydroxyl groups is 1. The molecule has 0 radical (unpaired) electrons. The van der Waals surface area contributed by atoms with E-state index in [0.29, 0.717) is 3.57 Å². The Balaban J connectivity index is 2.28. The maximum Gasteiger partial charge on any atom is 0.277 e. The van der Waals surface area contributed by atoms with Crippen LogP contribution in [0.3, 0.4) is 0 Å². The predicted molar refractivity (Wildman–Crippen MR) is 89.3 cm³/mol. The van der Waals surface area contributed by atoms with Gasteiger partial charge in [-0.25, -0.2) is 14.3 Å². The van der Waals surface area contributed by atoms with Crippen LogP contribution in [0.5, 0.6) is 0 Å². The van der Waals surface area contributed by atoms with Crippen molar-refractivity contribution in [2.24, 2.45) is 0 Å². The minimum atomic E-state index is -0.716. The molecule has 0 aliphatic heterocycles. The van der Waals surface area contributed by atoms with Gasteiger partial charge in [0.05, 0.1) is 30.2 Å². The van der Waals surface area contributed by atoms with Crippen LogP contribution in [0.2, 0.25) is 0 Å². The Bertz CT molecular complexity index is 713. The number of carbonyl (C=O) groups excluding carboxylic acids is 1. The van der Waals surface area contributed by atoms with Gasteiger partial charge in [0.25, 0.3) is 5.91 Å². The Morgan fingerprint density at radius 2 is 2.00 bits per heavy atom. The summed E-state index contributed by atoms with van der Waals surface area (Å²) < 4.78 is 28.6. The van der Waals surface area contributed by atoms with E-state index in [4.69, 9.17) is 9.94 Å². The van der Waals surface area contributed by atoms with Gasteiger partial charge >= 0.3 is 0 Å². The number of hydrogen-bond donors (Lipinski definition) is 3. The zero-order valence-corrected chi connectivity index (χ0v) is 13.9. The van der Waals surface area contributed by atoms with Crippen LogP contribution in [-0.4, -0.2) is 24.2 Å². The molecule has 2 aromatic carbocycles. The fraction of sp³-hybridized carbons (Fsp3) is 0.133. The van der Waals surface area contributed by atoms with Crippen LogP contribution in [0.4, 0.5) is 20.2 Å². The molecular formula is C15H13F2IN2O3. The molecule has 2 aromatic rings. The molecule has 0 aliphatic rings. The predicted octanol–water partition coefficient (Wildman–Crippen LogP) is 2.97. The molecule has 0 saturated heterocycles. The molecule has 0 heterocycles. The number of aliphatic hydroxyl groups excluding tert-OH is 1. The molecule has 0 fully saturated rings. The third-order valence-electron chi connectivity index (χ3n) is 2.81. The Labute approximate surface area is 144 Å². The van der Waals surface area contributed by atoms with Crippen LogP contribution in [0.15, 0.2) is 36.4 Å². The van der Waals surface area contributed by atoms with Crippen LogP contribution in [-0.2, 0) is 4.84 Å². The number of benzene rings is 2. The molecule has 1 amide bonds. The van der Waals surface area contributed by atoms with Crippen molar-refractivity contribution in [2.75, 3.05) is 18.5 Å². The fourth-order valence-electron chi connectivity index (χ4n) is 1.78. The van der Waals surface area contributed by atoms with Crippen molar-refractivity contribution in [2.45, 2.75) is 0 Å². The van der Waals surface area contributed by atoms with Gasteiger partial charge in [-0.1, -0.05) is 6.07 Å². The second kappa shape index (κ2) is 8.18. The van der Waals surface area contributed by atoms with E-state index in [1.807, 2.05) is 22.6 Å². The summed E-state index contributed by atoms with van der Waals surface area (Å²) in [6.07, 6.45) is 0. The van der Waals surface area contributed by atoms with E-state index in [1.165, 1.54) is 24.3 Å². The lowest BCUT2D eigenvalue weighted by molar-refractivity contribution is 0.0168. The minimum Gasteiger partial charge on any atom is -0.394 e. The fourth-order valence-corrected chi connectivity index (χ4v) is 2.24. The molecule has 0 spiro atoms. The van der Waals surface area contributed by atoms with Crippen molar-refractivity contribution >= 4 is 39.9 Å². The van der Waals surface area contributed by atoms with Gasteiger partial charge in [-0.05, 0) is 52.9 Å². The van der Waals surface area contributed by atoms with Crippen molar-refractivity contribution in [1.29, 1.82) is 0 Å². The van der Waals surface area contributed by atoms with Crippen LogP contribution < -0.4 is 10.8 Å². The summed E-state index contributed by atoms with van der Waals surface area (Å²) in [5.74, 6) is -1.99. The summed E-state index contributed by atoms with van der Waals surface area (Å²) >= 11 is 1.95. The number of hydrogen-bond acceptors (Lipinski definition) is 4. The zero-order chi connectivity index (χ0) is 16.8. The topological polar surface area (TPSA) is 70.6 Å². The van der Waals surface area contributed by atoms with Crippen molar-refractivity contribution in [1.82, 2.24) is 5.48 Å². The van der Waals surface area contributed by atoms with Gasteiger partial charge in [0.2, 0.25) is 0 Å². The zero-order valence-electron chi connectivity index (χ0n) is 11.8. The first-order chi connectivity index (χ1) is 11.0. The first kappa shape index (κ1) is 17.6. The standard InChI is InChI=1S/C15H13F2IN2O3/c16-11-3-1-2-10(15(22)20-23-7-6-21)14(11)19-13-5-4-9(18)8-12(13)17/h1-5,8,19,21H,6-7H2,(H,20,22). The van der Waals surface area contributed by atoms with Gasteiger partial charge in [-0.2, -0.15) is 0 Å². The van der Waals surface area contributed by atoms with E-state index in [0.717, 1.165) is 6.07 Å². The Morgan fingerprint density at radius 1 is 1.22 bits per heavy atom. The summed E-state index contributed by atoms with van der Waals surface area (Å²) in [7, 11) is 0. The lowest BCUT2D eigenvalue weighted by atomic mass is 10.1. The quantitative estimate of drug-likeness (QED) is 0.372. The second-order valence-electron chi connectivity index (χ2n) is 4.41. The van der Waals surface area contributed by atoms with E-state index in [1.54, 1.807) is 6.07 Å². The van der Waals surface area contributed by atoms with E-state index in [-0.39, 0.29) is 30.2 Å². The number of halogens is 3. The van der Waals surface area contributed by atoms with E-state index in [9.17, 15) is 13.6 Å². The highest BCUT2D eigenvalue weighted by Gasteiger charge is 2.17. The van der Waals surface area contributed by atoms with Crippen molar-refractivity contribution in [3.63, 3.8) is 0 Å². The van der Waals surface area contributed by atoms with Crippen molar-refractivity contribution in [3.05, 3.63) is 57.2 Å². The number of nitrogens with one attached hydrogen (secondary N) is 2. The molecule has 8 heteroatoms. The number of para-hydroxylation sites is 1. The van der Waals surface area contributed by atoms with Crippen molar-refractivity contribution < 1.29 is 23.5 Å². The third-order valence-corrected chi connectivity index (χ3v) is 3.48. The molecule has 0 saturated carbocycles. The van der Waals surface area contributed by atoms with Crippen molar-refractivity contribution in [3.8, 4) is 0 Å². The smallest absolute Gasteiger partial charge is 0.277 e. The molecule has 0 atom stereocenters. The number of amides is 1. The molecule has 5 nitrogen and oxygen atoms in total. The number of anilines is 2. The van der Waals surface area contributed by atoms with Crippen LogP contribution in [0.1, 0.15) is 10.4 Å². The second-order valence-corrected chi connectivity index (χ2v) is 5.66. The van der Waals surface area contributed by atoms with Crippen LogP contribution >= 0.6 is 22.6 Å². The number of carbonyl (C=O) groups is 1. The highest BCUT2D eigenvalue weighted by atomic mass is 127. The average Bonchev–Trinajstić information content (AvgIpc) is 2.51. The average molecular weight is 434 g/mol. The van der Waals surface area contributed by atoms with Gasteiger partial charge in [-0.3, -0.25) is 9.63 Å². The maximum atomic E-state index is 14.0. The molecule has 2 rings (SSSR count). The Morgan fingerprint density at radius 3 is 2.70 bits per heavy atom. The normalized spacial score (nSPS) is 10.4. The molecule has 122 valence electrons. The molecule has 0 aromatic heterocycles. The van der Waals surface area contributed by atoms with Gasteiger partial charge in [0, 0.05) is 3.57 Å². The van der Waals surface area contributed by atoms with Gasteiger partial charge in [0.1, 0.15) is 11.6 Å². The maximum absolute atomic E-state index is 14.0. The SMILES string of the molecule is O=C(NOCCO)c1cccc(F)c1Nc1ccc(I)cc1F. The molecular weight excluding hydrogens is 421 g/mol. The first-order valence-electron chi connectivity index (χ1n) is 6.56. The highest BCUT2D eigenvalue weighted by molar-refractivity contribution is 14.1. The van der Waals surface area contributed by atoms with E-state index >= 15 is 0 Å². The minimum absolute atomic E-state index is 0.0424. The summed E-state index contributed by atoms with van der Waals surface area (Å²) in [6, 6.07) is 8.26. The summed E-state index contributed by atoms with van der Waals surface area (Å²) in [6.45, 7) is -0.377. The van der Waals surface area contributed by atoms with Gasteiger partial charge in [0.15, 0.2) is 0 Å². The molecule has 0 aliphatic carbocycles. The van der Waals surface area contributed by atoms with Crippen LogP contribution in [0, 0.1) is 15.2 Å². The molecule has 0 unspecified atom stereocenters. The summed E-state index contributed by atoms with van der Waals surface area (Å²) in [5.41, 5.74) is 1.90. The monoisotopic (exact) mass is 434 g/mol. The number of hydroxylamine groups is 1. The lowest BCUT2D eigenvalue weighted by Crippen LogP contribution is -2.26.